The van der Waals surface area contributed by atoms with Crippen molar-refractivity contribution >= 4 is 50.7 Å². The van der Waals surface area contributed by atoms with E-state index < -0.39 is 9.84 Å². The highest BCUT2D eigenvalue weighted by atomic mass is 127. The van der Waals surface area contributed by atoms with Gasteiger partial charge in [-0.05, 0) is 37.0 Å². The highest BCUT2D eigenvalue weighted by Gasteiger charge is 2.28. The van der Waals surface area contributed by atoms with Crippen LogP contribution in [-0.4, -0.2) is 50.5 Å². The van der Waals surface area contributed by atoms with Gasteiger partial charge in [-0.2, -0.15) is 0 Å². The number of aliphatic imine (C=N–C) groups is 1. The van der Waals surface area contributed by atoms with Crippen molar-refractivity contribution in [3.8, 4) is 0 Å². The normalized spacial score (nSPS) is 19.6. The maximum absolute atomic E-state index is 11.5. The van der Waals surface area contributed by atoms with E-state index in [4.69, 9.17) is 0 Å². The quantitative estimate of drug-likeness (QED) is 0.358. The number of aromatic nitrogens is 1. The van der Waals surface area contributed by atoms with Crippen molar-refractivity contribution in [2.24, 2.45) is 4.99 Å². The van der Waals surface area contributed by atoms with Crippen LogP contribution in [0.25, 0.3) is 10.9 Å². The first-order valence-corrected chi connectivity index (χ1v) is 10.0. The molecule has 1 aromatic heterocycles. The molecule has 0 bridgehead atoms. The van der Waals surface area contributed by atoms with Crippen molar-refractivity contribution in [3.63, 3.8) is 0 Å². The van der Waals surface area contributed by atoms with E-state index in [-0.39, 0.29) is 41.5 Å². The van der Waals surface area contributed by atoms with Crippen LogP contribution < -0.4 is 10.6 Å². The van der Waals surface area contributed by atoms with Crippen LogP contribution >= 0.6 is 24.0 Å². The molecule has 8 heteroatoms. The van der Waals surface area contributed by atoms with E-state index >= 15 is 0 Å². The number of nitrogens with zero attached hydrogens (tertiary/aromatic N) is 1. The molecule has 0 amide bonds. The molecule has 0 radical (unpaired) electrons. The van der Waals surface area contributed by atoms with Gasteiger partial charge in [0.05, 0.1) is 11.5 Å². The minimum absolute atomic E-state index is 0. The molecule has 1 aromatic carbocycles. The molecule has 1 aliphatic heterocycles. The molecule has 3 N–H and O–H groups in total. The second-order valence-corrected chi connectivity index (χ2v) is 8.58. The lowest BCUT2D eigenvalue weighted by Crippen LogP contribution is -2.44. The standard InChI is InChI=1S/C17H24N4O2S.HI/c1-12-3-4-15-13(10-20-16(15)9-12)5-7-19-17(18-2)21-14-6-8-24(22,23)11-14;/h3-4,9-10,14,20H,5-8,11H2,1-2H3,(H2,18,19,21);1H. The SMILES string of the molecule is CN=C(NCCc1c[nH]c2cc(C)ccc12)NC1CCS(=O)(=O)C1.I. The average Bonchev–Trinajstić information content (AvgIpc) is 3.09. The third kappa shape index (κ3) is 5.10. The van der Waals surface area contributed by atoms with Gasteiger partial charge in [0.15, 0.2) is 15.8 Å². The van der Waals surface area contributed by atoms with Gasteiger partial charge in [-0.1, -0.05) is 12.1 Å². The molecule has 3 rings (SSSR count). The van der Waals surface area contributed by atoms with Gasteiger partial charge in [-0.25, -0.2) is 8.42 Å². The van der Waals surface area contributed by atoms with Crippen molar-refractivity contribution in [3.05, 3.63) is 35.5 Å². The molecule has 1 fully saturated rings. The van der Waals surface area contributed by atoms with Gasteiger partial charge < -0.3 is 15.6 Å². The predicted octanol–water partition coefficient (Wildman–Crippen LogP) is 1.99. The number of hydrogen-bond donors (Lipinski definition) is 3. The lowest BCUT2D eigenvalue weighted by molar-refractivity contribution is 0.599. The van der Waals surface area contributed by atoms with Gasteiger partial charge in [0.25, 0.3) is 0 Å². The monoisotopic (exact) mass is 476 g/mol. The van der Waals surface area contributed by atoms with Crippen LogP contribution in [0.3, 0.4) is 0 Å². The van der Waals surface area contributed by atoms with Crippen molar-refractivity contribution < 1.29 is 8.42 Å². The van der Waals surface area contributed by atoms with Crippen LogP contribution in [0.4, 0.5) is 0 Å². The fourth-order valence-electron chi connectivity index (χ4n) is 3.12. The van der Waals surface area contributed by atoms with E-state index in [0.29, 0.717) is 12.4 Å². The Morgan fingerprint density at radius 1 is 1.40 bits per heavy atom. The first-order valence-electron chi connectivity index (χ1n) is 8.21. The van der Waals surface area contributed by atoms with Crippen LogP contribution in [0.5, 0.6) is 0 Å². The molecule has 2 heterocycles. The molecule has 1 saturated heterocycles. The maximum Gasteiger partial charge on any atom is 0.191 e. The number of benzene rings is 1. The summed E-state index contributed by atoms with van der Waals surface area (Å²) in [5.41, 5.74) is 3.66. The van der Waals surface area contributed by atoms with Crippen LogP contribution in [0.2, 0.25) is 0 Å². The molecular weight excluding hydrogens is 451 g/mol. The Labute approximate surface area is 165 Å². The number of aryl methyl sites for hydroxylation is 1. The lowest BCUT2D eigenvalue weighted by Gasteiger charge is -2.15. The van der Waals surface area contributed by atoms with Gasteiger partial charge in [0, 0.05) is 36.7 Å². The van der Waals surface area contributed by atoms with Crippen LogP contribution in [0.1, 0.15) is 17.5 Å². The summed E-state index contributed by atoms with van der Waals surface area (Å²) in [7, 11) is -1.18. The third-order valence-corrected chi connectivity index (χ3v) is 6.17. The summed E-state index contributed by atoms with van der Waals surface area (Å²) in [6.45, 7) is 2.82. The smallest absolute Gasteiger partial charge is 0.191 e. The number of hydrogen-bond acceptors (Lipinski definition) is 3. The van der Waals surface area contributed by atoms with E-state index in [1.54, 1.807) is 7.05 Å². The predicted molar refractivity (Wildman–Crippen MR) is 114 cm³/mol. The fourth-order valence-corrected chi connectivity index (χ4v) is 4.79. The number of H-pyrrole nitrogens is 1. The van der Waals surface area contributed by atoms with Gasteiger partial charge >= 0.3 is 0 Å². The number of aromatic amines is 1. The van der Waals surface area contributed by atoms with Crippen molar-refractivity contribution in [2.75, 3.05) is 25.1 Å². The number of guanidine groups is 1. The summed E-state index contributed by atoms with van der Waals surface area (Å²) in [4.78, 5) is 7.49. The molecule has 6 nitrogen and oxygen atoms in total. The van der Waals surface area contributed by atoms with Crippen LogP contribution in [0.15, 0.2) is 29.4 Å². The Balaban J connectivity index is 0.00000225. The number of nitrogens with one attached hydrogen (secondary N) is 3. The fraction of sp³-hybridized carbons (Fsp3) is 0.471. The zero-order valence-corrected chi connectivity index (χ0v) is 17.6. The van der Waals surface area contributed by atoms with Gasteiger partial charge in [-0.15, -0.1) is 24.0 Å². The molecule has 1 aliphatic rings. The number of rotatable bonds is 4. The molecule has 0 saturated carbocycles. The van der Waals surface area contributed by atoms with Crippen LogP contribution in [0, 0.1) is 6.92 Å². The minimum Gasteiger partial charge on any atom is -0.361 e. The van der Waals surface area contributed by atoms with Gasteiger partial charge in [0.1, 0.15) is 0 Å². The largest absolute Gasteiger partial charge is 0.361 e. The van der Waals surface area contributed by atoms with E-state index in [9.17, 15) is 8.42 Å². The Morgan fingerprint density at radius 2 is 2.20 bits per heavy atom. The molecule has 1 atom stereocenters. The zero-order chi connectivity index (χ0) is 17.2. The Morgan fingerprint density at radius 3 is 2.88 bits per heavy atom. The van der Waals surface area contributed by atoms with Crippen LogP contribution in [-0.2, 0) is 16.3 Å². The molecule has 138 valence electrons. The van der Waals surface area contributed by atoms with E-state index in [1.165, 1.54) is 16.5 Å². The van der Waals surface area contributed by atoms with Gasteiger partial charge in [-0.3, -0.25) is 4.99 Å². The van der Waals surface area contributed by atoms with E-state index in [0.717, 1.165) is 18.5 Å². The van der Waals surface area contributed by atoms with E-state index in [2.05, 4.69) is 45.7 Å². The number of halogens is 1. The Kier molecular flexibility index (Phi) is 6.72. The first kappa shape index (κ1) is 20.0. The minimum atomic E-state index is -2.88. The average molecular weight is 476 g/mol. The number of fused-ring (bicyclic) bond motifs is 1. The highest BCUT2D eigenvalue weighted by molar-refractivity contribution is 14.0. The Hall–Kier alpha value is -1.29. The molecule has 25 heavy (non-hydrogen) atoms. The summed E-state index contributed by atoms with van der Waals surface area (Å²) in [6.07, 6.45) is 3.56. The maximum atomic E-state index is 11.5. The lowest BCUT2D eigenvalue weighted by atomic mass is 10.1. The number of sulfone groups is 1. The van der Waals surface area contributed by atoms with E-state index in [1.807, 2.05) is 6.20 Å². The summed E-state index contributed by atoms with van der Waals surface area (Å²) < 4.78 is 23.0. The molecule has 0 spiro atoms. The second-order valence-electron chi connectivity index (χ2n) is 6.36. The second kappa shape index (κ2) is 8.39. The summed E-state index contributed by atoms with van der Waals surface area (Å²) in [5.74, 6) is 1.11. The van der Waals surface area contributed by atoms with Gasteiger partial charge in [0.2, 0.25) is 0 Å². The molecule has 2 aromatic rings. The molecular formula is C17H25IN4O2S. The molecule has 0 aliphatic carbocycles. The first-order chi connectivity index (χ1) is 11.5. The summed E-state index contributed by atoms with van der Waals surface area (Å²) in [5, 5.41) is 7.71. The molecule has 1 unspecified atom stereocenters. The topological polar surface area (TPSA) is 86.3 Å². The highest BCUT2D eigenvalue weighted by Crippen LogP contribution is 2.19. The van der Waals surface area contributed by atoms with Crippen molar-refractivity contribution in [2.45, 2.75) is 25.8 Å². The van der Waals surface area contributed by atoms with Crippen molar-refractivity contribution in [1.82, 2.24) is 15.6 Å². The third-order valence-electron chi connectivity index (χ3n) is 4.41. The zero-order valence-electron chi connectivity index (χ0n) is 14.5. The Bertz CT molecular complexity index is 861. The summed E-state index contributed by atoms with van der Waals surface area (Å²) >= 11 is 0. The van der Waals surface area contributed by atoms with Crippen molar-refractivity contribution in [1.29, 1.82) is 0 Å². The summed E-state index contributed by atoms with van der Waals surface area (Å²) in [6, 6.07) is 6.37.